The number of aliphatic carboxylic acids is 1. The maximum absolute atomic E-state index is 12.2. The summed E-state index contributed by atoms with van der Waals surface area (Å²) in [4.78, 5) is 25.5. The summed E-state index contributed by atoms with van der Waals surface area (Å²) in [5.74, 6) is -0.884. The van der Waals surface area contributed by atoms with Crippen LogP contribution in [0.3, 0.4) is 0 Å². The lowest BCUT2D eigenvalue weighted by Crippen LogP contribution is -2.42. The molecule has 1 aromatic heterocycles. The van der Waals surface area contributed by atoms with Crippen LogP contribution in [0.25, 0.3) is 0 Å². The molecule has 1 aromatic rings. The molecule has 0 aromatic carbocycles. The van der Waals surface area contributed by atoms with Gasteiger partial charge < -0.3 is 14.7 Å². The van der Waals surface area contributed by atoms with Crippen LogP contribution < -0.4 is 10.3 Å². The number of hydrogen-bond donors (Lipinski definition) is 1. The Morgan fingerprint density at radius 3 is 2.65 bits per heavy atom. The summed E-state index contributed by atoms with van der Waals surface area (Å²) in [6, 6.07) is 3.18. The van der Waals surface area contributed by atoms with Gasteiger partial charge in [0.1, 0.15) is 5.54 Å². The lowest BCUT2D eigenvalue weighted by Gasteiger charge is -2.23. The van der Waals surface area contributed by atoms with Gasteiger partial charge in [0.05, 0.1) is 6.61 Å². The maximum atomic E-state index is 12.2. The summed E-state index contributed by atoms with van der Waals surface area (Å²) >= 11 is 0. The van der Waals surface area contributed by atoms with Crippen molar-refractivity contribution in [3.05, 3.63) is 28.7 Å². The molecule has 0 radical (unpaired) electrons. The fraction of sp³-hybridized carbons (Fsp3) is 0.571. The van der Waals surface area contributed by atoms with Crippen molar-refractivity contribution in [3.8, 4) is 5.75 Å². The fourth-order valence-corrected chi connectivity index (χ4v) is 1.69. The fourth-order valence-electron chi connectivity index (χ4n) is 1.69. The molecule has 0 fully saturated rings. The molecule has 1 rings (SSSR count). The van der Waals surface area contributed by atoms with E-state index in [2.05, 4.69) is 0 Å². The Balaban J connectivity index is 2.86. The van der Waals surface area contributed by atoms with Crippen LogP contribution in [0, 0.1) is 0 Å². The molecular formula is C14H22N2O4. The van der Waals surface area contributed by atoms with Crippen LogP contribution in [0.4, 0.5) is 0 Å². The highest BCUT2D eigenvalue weighted by molar-refractivity contribution is 5.75. The number of rotatable bonds is 7. The first-order valence-corrected chi connectivity index (χ1v) is 6.50. The maximum Gasteiger partial charge on any atom is 0.329 e. The van der Waals surface area contributed by atoms with E-state index in [9.17, 15) is 14.7 Å². The zero-order valence-corrected chi connectivity index (χ0v) is 12.4. The molecule has 0 unspecified atom stereocenters. The number of aromatic nitrogens is 1. The first-order chi connectivity index (χ1) is 9.26. The van der Waals surface area contributed by atoms with Crippen LogP contribution in [0.15, 0.2) is 23.1 Å². The number of pyridine rings is 1. The van der Waals surface area contributed by atoms with E-state index in [1.165, 1.54) is 24.6 Å². The Labute approximate surface area is 118 Å². The van der Waals surface area contributed by atoms with Crippen molar-refractivity contribution in [3.63, 3.8) is 0 Å². The van der Waals surface area contributed by atoms with E-state index in [1.54, 1.807) is 12.1 Å². The van der Waals surface area contributed by atoms with Crippen molar-refractivity contribution in [1.29, 1.82) is 0 Å². The molecule has 0 amide bonds. The molecule has 1 N–H and O–H groups in total. The van der Waals surface area contributed by atoms with Gasteiger partial charge in [-0.05, 0) is 46.5 Å². The Hall–Kier alpha value is -1.82. The van der Waals surface area contributed by atoms with Gasteiger partial charge in [-0.25, -0.2) is 4.79 Å². The second-order valence-corrected chi connectivity index (χ2v) is 5.42. The van der Waals surface area contributed by atoms with E-state index in [-0.39, 0.29) is 5.75 Å². The zero-order chi connectivity index (χ0) is 15.3. The SMILES string of the molecule is CN(C)CCCOc1cccn(C(C)(C)C(=O)O)c1=O. The Bertz CT molecular complexity index is 520. The normalized spacial score (nSPS) is 11.7. The second-order valence-electron chi connectivity index (χ2n) is 5.42. The van der Waals surface area contributed by atoms with Gasteiger partial charge in [-0.3, -0.25) is 9.36 Å². The minimum atomic E-state index is -1.31. The van der Waals surface area contributed by atoms with Crippen molar-refractivity contribution in [1.82, 2.24) is 9.47 Å². The number of ether oxygens (including phenoxy) is 1. The Morgan fingerprint density at radius 1 is 1.45 bits per heavy atom. The number of carboxylic acid groups (broad SMARTS) is 1. The van der Waals surface area contributed by atoms with Crippen LogP contribution in [0.5, 0.6) is 5.75 Å². The highest BCUT2D eigenvalue weighted by atomic mass is 16.5. The first kappa shape index (κ1) is 16.2. The van der Waals surface area contributed by atoms with Crippen LogP contribution in [0.1, 0.15) is 20.3 Å². The topological polar surface area (TPSA) is 71.8 Å². The van der Waals surface area contributed by atoms with Crippen molar-refractivity contribution >= 4 is 5.97 Å². The van der Waals surface area contributed by atoms with E-state index in [1.807, 2.05) is 19.0 Å². The van der Waals surface area contributed by atoms with Gasteiger partial charge >= 0.3 is 5.97 Å². The molecule has 0 aliphatic rings. The molecule has 6 heteroatoms. The molecule has 0 saturated heterocycles. The summed E-state index contributed by atoms with van der Waals surface area (Å²) in [6.45, 7) is 4.24. The predicted molar refractivity (Wildman–Crippen MR) is 76.3 cm³/mol. The average molecular weight is 282 g/mol. The molecule has 20 heavy (non-hydrogen) atoms. The number of carbonyl (C=O) groups is 1. The molecule has 1 heterocycles. The molecule has 112 valence electrons. The highest BCUT2D eigenvalue weighted by Crippen LogP contribution is 2.14. The lowest BCUT2D eigenvalue weighted by molar-refractivity contribution is -0.145. The standard InChI is InChI=1S/C14H22N2O4/c1-14(2,13(18)19)16-9-5-7-11(12(16)17)20-10-6-8-15(3)4/h5,7,9H,6,8,10H2,1-4H3,(H,18,19). The lowest BCUT2D eigenvalue weighted by atomic mass is 10.1. The first-order valence-electron chi connectivity index (χ1n) is 6.50. The average Bonchev–Trinajstić information content (AvgIpc) is 2.35. The third kappa shape index (κ3) is 3.84. The quantitative estimate of drug-likeness (QED) is 0.755. The summed E-state index contributed by atoms with van der Waals surface area (Å²) in [5, 5.41) is 9.18. The van der Waals surface area contributed by atoms with Crippen molar-refractivity contribution in [2.45, 2.75) is 25.8 Å². The molecule has 0 aliphatic carbocycles. The van der Waals surface area contributed by atoms with Crippen LogP contribution in [0.2, 0.25) is 0 Å². The minimum Gasteiger partial charge on any atom is -0.488 e. The highest BCUT2D eigenvalue weighted by Gasteiger charge is 2.30. The van der Waals surface area contributed by atoms with Crippen molar-refractivity contribution in [2.75, 3.05) is 27.2 Å². The van der Waals surface area contributed by atoms with Gasteiger partial charge in [0.15, 0.2) is 5.75 Å². The summed E-state index contributed by atoms with van der Waals surface area (Å²) in [6.07, 6.45) is 2.26. The zero-order valence-electron chi connectivity index (χ0n) is 12.4. The third-order valence-electron chi connectivity index (χ3n) is 3.05. The smallest absolute Gasteiger partial charge is 0.329 e. The number of carboxylic acids is 1. The third-order valence-corrected chi connectivity index (χ3v) is 3.05. The van der Waals surface area contributed by atoms with Gasteiger partial charge in [-0.1, -0.05) is 0 Å². The number of hydrogen-bond acceptors (Lipinski definition) is 4. The summed E-state index contributed by atoms with van der Waals surface area (Å²) in [5.41, 5.74) is -1.73. The van der Waals surface area contributed by atoms with Gasteiger partial charge in [-0.2, -0.15) is 0 Å². The van der Waals surface area contributed by atoms with Crippen LogP contribution in [-0.4, -0.2) is 47.8 Å². The molecule has 0 aliphatic heterocycles. The molecule has 0 spiro atoms. The molecule has 0 atom stereocenters. The molecule has 0 bridgehead atoms. The second kappa shape index (κ2) is 6.56. The summed E-state index contributed by atoms with van der Waals surface area (Å²) < 4.78 is 6.63. The van der Waals surface area contributed by atoms with E-state index in [0.717, 1.165) is 13.0 Å². The largest absolute Gasteiger partial charge is 0.488 e. The Kier molecular flexibility index (Phi) is 5.33. The van der Waals surface area contributed by atoms with E-state index in [0.29, 0.717) is 6.61 Å². The minimum absolute atomic E-state index is 0.181. The van der Waals surface area contributed by atoms with E-state index < -0.39 is 17.1 Å². The molecular weight excluding hydrogens is 260 g/mol. The van der Waals surface area contributed by atoms with Gasteiger partial charge in [0, 0.05) is 12.7 Å². The van der Waals surface area contributed by atoms with E-state index in [4.69, 9.17) is 4.74 Å². The predicted octanol–water partition coefficient (Wildman–Crippen LogP) is 0.998. The molecule has 6 nitrogen and oxygen atoms in total. The monoisotopic (exact) mass is 282 g/mol. The van der Waals surface area contributed by atoms with Crippen molar-refractivity contribution in [2.24, 2.45) is 0 Å². The van der Waals surface area contributed by atoms with Crippen LogP contribution >= 0.6 is 0 Å². The van der Waals surface area contributed by atoms with Gasteiger partial charge in [0.2, 0.25) is 0 Å². The van der Waals surface area contributed by atoms with E-state index >= 15 is 0 Å². The van der Waals surface area contributed by atoms with Crippen molar-refractivity contribution < 1.29 is 14.6 Å². The number of nitrogens with zero attached hydrogens (tertiary/aromatic N) is 2. The van der Waals surface area contributed by atoms with Gasteiger partial charge in [0.25, 0.3) is 5.56 Å². The van der Waals surface area contributed by atoms with Crippen LogP contribution in [-0.2, 0) is 10.3 Å². The van der Waals surface area contributed by atoms with Gasteiger partial charge in [-0.15, -0.1) is 0 Å². The summed E-state index contributed by atoms with van der Waals surface area (Å²) in [7, 11) is 3.93. The molecule has 0 saturated carbocycles. The Morgan fingerprint density at radius 2 is 2.10 bits per heavy atom.